The molecule has 0 heterocycles. The van der Waals surface area contributed by atoms with Gasteiger partial charge in [0.1, 0.15) is 23.7 Å². The Kier molecular flexibility index (Phi) is 3.23. The molecule has 1 rings (SSSR count). The van der Waals surface area contributed by atoms with E-state index in [1.54, 1.807) is 0 Å². The molecular formula is C10H9FO3. The first kappa shape index (κ1) is 10.2. The van der Waals surface area contributed by atoms with Crippen molar-refractivity contribution in [2.24, 2.45) is 0 Å². The van der Waals surface area contributed by atoms with Crippen LogP contribution in [-0.4, -0.2) is 22.7 Å². The Hall–Kier alpha value is -1.84. The molecule has 14 heavy (non-hydrogen) atoms. The van der Waals surface area contributed by atoms with E-state index in [4.69, 9.17) is 0 Å². The van der Waals surface area contributed by atoms with Crippen LogP contribution in [0, 0.1) is 0 Å². The average Bonchev–Trinajstić information content (AvgIpc) is 2.14. The molecule has 0 fully saturated rings. The highest BCUT2D eigenvalue weighted by atomic mass is 19.1. The van der Waals surface area contributed by atoms with Crippen LogP contribution in [0.2, 0.25) is 0 Å². The molecule has 0 bridgehead atoms. The minimum Gasteiger partial charge on any atom is -0.507 e. The van der Waals surface area contributed by atoms with E-state index in [0.717, 1.165) is 12.2 Å². The van der Waals surface area contributed by atoms with Crippen LogP contribution in [0.5, 0.6) is 11.5 Å². The summed E-state index contributed by atoms with van der Waals surface area (Å²) in [6.07, 6.45) is 1.98. The van der Waals surface area contributed by atoms with Crippen LogP contribution < -0.4 is 0 Å². The van der Waals surface area contributed by atoms with Gasteiger partial charge >= 0.3 is 0 Å². The molecule has 2 N–H and O–H groups in total. The zero-order chi connectivity index (χ0) is 10.6. The maximum absolute atomic E-state index is 11.7. The van der Waals surface area contributed by atoms with E-state index < -0.39 is 12.5 Å². The van der Waals surface area contributed by atoms with Crippen molar-refractivity contribution in [3.8, 4) is 11.5 Å². The lowest BCUT2D eigenvalue weighted by Gasteiger charge is -2.02. The van der Waals surface area contributed by atoms with Gasteiger partial charge in [0.2, 0.25) is 0 Å². The Morgan fingerprint density at radius 1 is 1.36 bits per heavy atom. The third-order valence-electron chi connectivity index (χ3n) is 1.63. The molecule has 0 radical (unpaired) electrons. The fourth-order valence-corrected chi connectivity index (χ4v) is 1.02. The molecule has 4 heteroatoms. The van der Waals surface area contributed by atoms with Gasteiger partial charge < -0.3 is 10.2 Å². The van der Waals surface area contributed by atoms with Crippen LogP contribution in [0.3, 0.4) is 0 Å². The van der Waals surface area contributed by atoms with Crippen LogP contribution in [0.4, 0.5) is 4.39 Å². The number of hydrogen-bond donors (Lipinski definition) is 2. The summed E-state index contributed by atoms with van der Waals surface area (Å²) >= 11 is 0. The van der Waals surface area contributed by atoms with Crippen molar-refractivity contribution >= 4 is 5.78 Å². The van der Waals surface area contributed by atoms with Gasteiger partial charge in [0.05, 0.1) is 0 Å². The summed E-state index contributed by atoms with van der Waals surface area (Å²) in [6, 6.07) is 3.95. The number of carbonyl (C=O) groups is 1. The molecule has 3 nitrogen and oxygen atoms in total. The normalized spacial score (nSPS) is 10.6. The Bertz CT molecular complexity index is 351. The lowest BCUT2D eigenvalue weighted by Crippen LogP contribution is -1.95. The molecule has 0 aliphatic heterocycles. The highest BCUT2D eigenvalue weighted by Gasteiger charge is 2.12. The molecule has 0 aliphatic carbocycles. The molecule has 1 aromatic carbocycles. The summed E-state index contributed by atoms with van der Waals surface area (Å²) in [5, 5.41) is 18.5. The zero-order valence-electron chi connectivity index (χ0n) is 7.27. The molecule has 0 aliphatic rings. The van der Waals surface area contributed by atoms with E-state index in [1.807, 2.05) is 0 Å². The van der Waals surface area contributed by atoms with Gasteiger partial charge in [0, 0.05) is 0 Å². The molecule has 0 unspecified atom stereocenters. The second kappa shape index (κ2) is 4.41. The Labute approximate surface area is 80.1 Å². The van der Waals surface area contributed by atoms with E-state index in [9.17, 15) is 19.4 Å². The van der Waals surface area contributed by atoms with E-state index in [0.29, 0.717) is 0 Å². The van der Waals surface area contributed by atoms with Gasteiger partial charge in [0.25, 0.3) is 0 Å². The molecular weight excluding hydrogens is 187 g/mol. The first-order valence-electron chi connectivity index (χ1n) is 3.94. The van der Waals surface area contributed by atoms with Gasteiger partial charge in [-0.3, -0.25) is 4.79 Å². The monoisotopic (exact) mass is 196 g/mol. The third kappa shape index (κ3) is 2.10. The Morgan fingerprint density at radius 2 is 1.93 bits per heavy atom. The van der Waals surface area contributed by atoms with Crippen molar-refractivity contribution in [3.05, 3.63) is 35.9 Å². The number of alkyl halides is 1. The van der Waals surface area contributed by atoms with Crippen molar-refractivity contribution in [1.82, 2.24) is 0 Å². The SMILES string of the molecule is O=C(/C=C/CF)c1c(O)cccc1O. The van der Waals surface area contributed by atoms with Crippen molar-refractivity contribution in [2.45, 2.75) is 0 Å². The third-order valence-corrected chi connectivity index (χ3v) is 1.63. The smallest absolute Gasteiger partial charge is 0.193 e. The number of phenolic OH excluding ortho intramolecular Hbond substituents is 2. The van der Waals surface area contributed by atoms with Crippen molar-refractivity contribution in [3.63, 3.8) is 0 Å². The predicted octanol–water partition coefficient (Wildman–Crippen LogP) is 1.81. The maximum atomic E-state index is 11.7. The first-order chi connectivity index (χ1) is 6.66. The van der Waals surface area contributed by atoms with Gasteiger partial charge in [-0.2, -0.15) is 0 Å². The topological polar surface area (TPSA) is 57.5 Å². The summed E-state index contributed by atoms with van der Waals surface area (Å²) in [4.78, 5) is 11.3. The number of hydrogen-bond acceptors (Lipinski definition) is 3. The van der Waals surface area contributed by atoms with Crippen LogP contribution in [-0.2, 0) is 0 Å². The minimum atomic E-state index is -0.764. The lowest BCUT2D eigenvalue weighted by atomic mass is 10.1. The van der Waals surface area contributed by atoms with Gasteiger partial charge in [0.15, 0.2) is 5.78 Å². The number of halogens is 1. The van der Waals surface area contributed by atoms with E-state index >= 15 is 0 Å². The van der Waals surface area contributed by atoms with E-state index in [-0.39, 0.29) is 17.1 Å². The Morgan fingerprint density at radius 3 is 2.43 bits per heavy atom. The van der Waals surface area contributed by atoms with Gasteiger partial charge in [-0.15, -0.1) is 0 Å². The first-order valence-corrected chi connectivity index (χ1v) is 3.94. The second-order valence-corrected chi connectivity index (χ2v) is 2.59. The van der Waals surface area contributed by atoms with Crippen molar-refractivity contribution < 1.29 is 19.4 Å². The summed E-state index contributed by atoms with van der Waals surface area (Å²) < 4.78 is 11.7. The fourth-order valence-electron chi connectivity index (χ4n) is 1.02. The summed E-state index contributed by atoms with van der Waals surface area (Å²) in [5.41, 5.74) is -0.211. The highest BCUT2D eigenvalue weighted by Crippen LogP contribution is 2.26. The number of benzene rings is 1. The molecule has 0 saturated heterocycles. The standard InChI is InChI=1S/C10H9FO3/c11-6-2-5-9(14)10-7(12)3-1-4-8(10)13/h1-5,12-13H,6H2/b5-2+. The second-order valence-electron chi connectivity index (χ2n) is 2.59. The van der Waals surface area contributed by atoms with Crippen LogP contribution in [0.1, 0.15) is 10.4 Å². The summed E-state index contributed by atoms with van der Waals surface area (Å²) in [7, 11) is 0. The molecule has 0 spiro atoms. The molecule has 1 aromatic rings. The van der Waals surface area contributed by atoms with Crippen molar-refractivity contribution in [1.29, 1.82) is 0 Å². The number of rotatable bonds is 3. The van der Waals surface area contributed by atoms with Crippen LogP contribution >= 0.6 is 0 Å². The van der Waals surface area contributed by atoms with E-state index in [2.05, 4.69) is 0 Å². The molecule has 0 atom stereocenters. The number of ketones is 1. The largest absolute Gasteiger partial charge is 0.507 e. The predicted molar refractivity (Wildman–Crippen MR) is 49.2 cm³/mol. The number of allylic oxidation sites excluding steroid dienone is 2. The minimum absolute atomic E-state index is 0.211. The van der Waals surface area contributed by atoms with Crippen LogP contribution in [0.15, 0.2) is 30.4 Å². The highest BCUT2D eigenvalue weighted by molar-refractivity contribution is 6.08. The number of aromatic hydroxyl groups is 2. The summed E-state index contributed by atoms with van der Waals surface area (Å²) in [5.74, 6) is -1.27. The fraction of sp³-hybridized carbons (Fsp3) is 0.100. The molecule has 0 amide bonds. The van der Waals surface area contributed by atoms with Crippen molar-refractivity contribution in [2.75, 3.05) is 6.67 Å². The molecule has 0 saturated carbocycles. The van der Waals surface area contributed by atoms with Gasteiger partial charge in [-0.1, -0.05) is 6.07 Å². The number of phenols is 2. The number of carbonyl (C=O) groups excluding carboxylic acids is 1. The lowest BCUT2D eigenvalue weighted by molar-refractivity contribution is 0.104. The quantitative estimate of drug-likeness (QED) is 0.572. The van der Waals surface area contributed by atoms with Gasteiger partial charge in [-0.05, 0) is 24.3 Å². The van der Waals surface area contributed by atoms with Crippen LogP contribution in [0.25, 0.3) is 0 Å². The Balaban J connectivity index is 3.06. The molecule has 0 aromatic heterocycles. The molecule has 74 valence electrons. The average molecular weight is 196 g/mol. The zero-order valence-corrected chi connectivity index (χ0v) is 7.27. The van der Waals surface area contributed by atoms with E-state index in [1.165, 1.54) is 18.2 Å². The van der Waals surface area contributed by atoms with Gasteiger partial charge in [-0.25, -0.2) is 4.39 Å². The maximum Gasteiger partial charge on any atom is 0.193 e. The summed E-state index contributed by atoms with van der Waals surface area (Å²) in [6.45, 7) is -0.764.